The van der Waals surface area contributed by atoms with Crippen LogP contribution in [-0.2, 0) is 6.54 Å². The second kappa shape index (κ2) is 6.12. The maximum Gasteiger partial charge on any atom is 0.232 e. The first-order valence-electron chi connectivity index (χ1n) is 5.96. The average molecular weight is 243 g/mol. The van der Waals surface area contributed by atoms with Crippen molar-refractivity contribution in [1.82, 2.24) is 15.3 Å². The van der Waals surface area contributed by atoms with Crippen LogP contribution >= 0.6 is 0 Å². The zero-order valence-electron chi connectivity index (χ0n) is 10.6. The van der Waals surface area contributed by atoms with Crippen LogP contribution in [0.25, 0.3) is 0 Å². The van der Waals surface area contributed by atoms with Crippen LogP contribution in [0.3, 0.4) is 0 Å². The Bertz CT molecular complexity index is 470. The van der Waals surface area contributed by atoms with Crippen LogP contribution in [0.2, 0.25) is 0 Å². The van der Waals surface area contributed by atoms with Gasteiger partial charge in [0.25, 0.3) is 0 Å². The fraction of sp³-hybridized carbons (Fsp3) is 0.286. The number of hydrogen-bond acceptors (Lipinski definition) is 4. The van der Waals surface area contributed by atoms with E-state index in [9.17, 15) is 0 Å². The monoisotopic (exact) mass is 243 g/mol. The third-order valence-electron chi connectivity index (χ3n) is 2.61. The summed E-state index contributed by atoms with van der Waals surface area (Å²) in [6.45, 7) is 2.71. The lowest BCUT2D eigenvalue weighted by molar-refractivity contribution is 0.216. The van der Waals surface area contributed by atoms with Gasteiger partial charge in [0.15, 0.2) is 0 Å². The maximum absolute atomic E-state index is 5.74. The number of ether oxygens (including phenoxy) is 1. The molecule has 1 aromatic heterocycles. The molecular formula is C14H17N3O. The third kappa shape index (κ3) is 3.28. The summed E-state index contributed by atoms with van der Waals surface area (Å²) in [5.74, 6) is 0.547. The second-order valence-electron chi connectivity index (χ2n) is 4.05. The molecule has 4 heteroatoms. The normalized spacial score (nSPS) is 12.1. The smallest absolute Gasteiger partial charge is 0.232 e. The molecule has 0 aliphatic rings. The molecule has 2 rings (SSSR count). The van der Waals surface area contributed by atoms with Gasteiger partial charge in [0.1, 0.15) is 6.10 Å². The van der Waals surface area contributed by atoms with Gasteiger partial charge in [0.05, 0.1) is 18.1 Å². The molecule has 1 unspecified atom stereocenters. The van der Waals surface area contributed by atoms with Gasteiger partial charge in [-0.1, -0.05) is 30.3 Å². The molecule has 94 valence electrons. The molecule has 0 spiro atoms. The molecule has 0 fully saturated rings. The van der Waals surface area contributed by atoms with Crippen LogP contribution in [0, 0.1) is 0 Å². The van der Waals surface area contributed by atoms with Gasteiger partial charge in [-0.3, -0.25) is 4.98 Å². The van der Waals surface area contributed by atoms with Gasteiger partial charge in [0, 0.05) is 6.54 Å². The van der Waals surface area contributed by atoms with Crippen molar-refractivity contribution in [2.75, 3.05) is 7.05 Å². The fourth-order valence-electron chi connectivity index (χ4n) is 1.65. The average Bonchev–Trinajstić information content (AvgIpc) is 2.42. The molecule has 2 aromatic rings. The summed E-state index contributed by atoms with van der Waals surface area (Å²) in [7, 11) is 1.88. The van der Waals surface area contributed by atoms with Gasteiger partial charge in [-0.05, 0) is 19.5 Å². The zero-order chi connectivity index (χ0) is 12.8. The van der Waals surface area contributed by atoms with Crippen molar-refractivity contribution in [3.8, 4) is 5.88 Å². The van der Waals surface area contributed by atoms with Gasteiger partial charge < -0.3 is 10.1 Å². The minimum absolute atomic E-state index is 0.0318. The van der Waals surface area contributed by atoms with Crippen molar-refractivity contribution in [3.63, 3.8) is 0 Å². The molecule has 18 heavy (non-hydrogen) atoms. The van der Waals surface area contributed by atoms with E-state index in [1.165, 1.54) is 0 Å². The van der Waals surface area contributed by atoms with E-state index in [1.807, 2.05) is 44.3 Å². The van der Waals surface area contributed by atoms with Crippen LogP contribution in [-0.4, -0.2) is 17.0 Å². The van der Waals surface area contributed by atoms with E-state index in [1.54, 1.807) is 12.4 Å². The van der Waals surface area contributed by atoms with Gasteiger partial charge in [-0.25, -0.2) is 4.98 Å². The lowest BCUT2D eigenvalue weighted by Crippen LogP contribution is -2.08. The molecule has 0 aliphatic carbocycles. The minimum atomic E-state index is -0.0318. The first kappa shape index (κ1) is 12.5. The van der Waals surface area contributed by atoms with Crippen molar-refractivity contribution >= 4 is 0 Å². The molecule has 0 radical (unpaired) electrons. The largest absolute Gasteiger partial charge is 0.469 e. The Kier molecular flexibility index (Phi) is 4.25. The molecule has 4 nitrogen and oxygen atoms in total. The highest BCUT2D eigenvalue weighted by atomic mass is 16.5. The van der Waals surface area contributed by atoms with E-state index in [-0.39, 0.29) is 6.10 Å². The third-order valence-corrected chi connectivity index (χ3v) is 2.61. The highest BCUT2D eigenvalue weighted by molar-refractivity contribution is 5.18. The predicted molar refractivity (Wildman–Crippen MR) is 70.3 cm³/mol. The number of hydrogen-bond donors (Lipinski definition) is 1. The Balaban J connectivity index is 2.01. The first-order valence-corrected chi connectivity index (χ1v) is 5.96. The highest BCUT2D eigenvalue weighted by Crippen LogP contribution is 2.18. The molecule has 1 heterocycles. The second-order valence-corrected chi connectivity index (χ2v) is 4.05. The summed E-state index contributed by atoms with van der Waals surface area (Å²) in [4.78, 5) is 8.50. The molecule has 0 bridgehead atoms. The molecular weight excluding hydrogens is 226 g/mol. The SMILES string of the molecule is CNCc1cnc(OC(C)c2ccccc2)cn1. The first-order chi connectivity index (χ1) is 8.79. The Morgan fingerprint density at radius 2 is 1.94 bits per heavy atom. The predicted octanol–water partition coefficient (Wildman–Crippen LogP) is 2.34. The van der Waals surface area contributed by atoms with Gasteiger partial charge in [-0.15, -0.1) is 0 Å². The van der Waals surface area contributed by atoms with Crippen molar-refractivity contribution in [1.29, 1.82) is 0 Å². The Morgan fingerprint density at radius 3 is 2.56 bits per heavy atom. The number of aromatic nitrogens is 2. The lowest BCUT2D eigenvalue weighted by Gasteiger charge is -2.13. The number of rotatable bonds is 5. The van der Waals surface area contributed by atoms with Gasteiger partial charge >= 0.3 is 0 Å². The standard InChI is InChI=1S/C14H17N3O/c1-11(12-6-4-3-5-7-12)18-14-10-16-13(8-15-2)9-17-14/h3-7,9-11,15H,8H2,1-2H3. The van der Waals surface area contributed by atoms with Crippen LogP contribution in [0.5, 0.6) is 5.88 Å². The molecule has 0 saturated carbocycles. The molecule has 0 aliphatic heterocycles. The molecule has 1 N–H and O–H groups in total. The molecule has 1 atom stereocenters. The summed E-state index contributed by atoms with van der Waals surface area (Å²) in [6.07, 6.45) is 3.35. The number of benzene rings is 1. The van der Waals surface area contributed by atoms with Crippen LogP contribution in [0.4, 0.5) is 0 Å². The Morgan fingerprint density at radius 1 is 1.17 bits per heavy atom. The molecule has 0 amide bonds. The van der Waals surface area contributed by atoms with E-state index < -0.39 is 0 Å². The van der Waals surface area contributed by atoms with E-state index in [0.29, 0.717) is 12.4 Å². The van der Waals surface area contributed by atoms with Gasteiger partial charge in [0.2, 0.25) is 5.88 Å². The maximum atomic E-state index is 5.74. The van der Waals surface area contributed by atoms with Crippen LogP contribution < -0.4 is 10.1 Å². The quantitative estimate of drug-likeness (QED) is 0.875. The Labute approximate surface area is 107 Å². The summed E-state index contributed by atoms with van der Waals surface area (Å²) >= 11 is 0. The number of nitrogens with one attached hydrogen (secondary N) is 1. The fourth-order valence-corrected chi connectivity index (χ4v) is 1.65. The zero-order valence-corrected chi connectivity index (χ0v) is 10.6. The van der Waals surface area contributed by atoms with Gasteiger partial charge in [-0.2, -0.15) is 0 Å². The lowest BCUT2D eigenvalue weighted by atomic mass is 10.1. The van der Waals surface area contributed by atoms with E-state index in [0.717, 1.165) is 11.3 Å². The van der Waals surface area contributed by atoms with Crippen molar-refractivity contribution in [2.24, 2.45) is 0 Å². The number of nitrogens with zero attached hydrogens (tertiary/aromatic N) is 2. The van der Waals surface area contributed by atoms with E-state index >= 15 is 0 Å². The molecule has 1 aromatic carbocycles. The van der Waals surface area contributed by atoms with Crippen molar-refractivity contribution in [2.45, 2.75) is 19.6 Å². The summed E-state index contributed by atoms with van der Waals surface area (Å²) in [6, 6.07) is 10.1. The summed E-state index contributed by atoms with van der Waals surface area (Å²) in [5, 5.41) is 3.03. The van der Waals surface area contributed by atoms with Crippen LogP contribution in [0.1, 0.15) is 24.3 Å². The molecule has 0 saturated heterocycles. The Hall–Kier alpha value is -1.94. The minimum Gasteiger partial charge on any atom is -0.469 e. The van der Waals surface area contributed by atoms with Crippen molar-refractivity contribution in [3.05, 3.63) is 54.0 Å². The topological polar surface area (TPSA) is 47.0 Å². The summed E-state index contributed by atoms with van der Waals surface area (Å²) in [5.41, 5.74) is 2.02. The van der Waals surface area contributed by atoms with Crippen LogP contribution in [0.15, 0.2) is 42.7 Å². The highest BCUT2D eigenvalue weighted by Gasteiger charge is 2.07. The van der Waals surface area contributed by atoms with E-state index in [2.05, 4.69) is 15.3 Å². The summed E-state index contributed by atoms with van der Waals surface area (Å²) < 4.78 is 5.74. The van der Waals surface area contributed by atoms with E-state index in [4.69, 9.17) is 4.74 Å². The van der Waals surface area contributed by atoms with Crippen molar-refractivity contribution < 1.29 is 4.74 Å².